The molecule has 1 aliphatic rings. The van der Waals surface area contributed by atoms with E-state index in [2.05, 4.69) is 0 Å². The first kappa shape index (κ1) is 19.3. The van der Waals surface area contributed by atoms with Crippen molar-refractivity contribution < 1.29 is 40.2 Å². The van der Waals surface area contributed by atoms with Crippen LogP contribution in [0.4, 0.5) is 0 Å². The molecule has 0 saturated heterocycles. The summed E-state index contributed by atoms with van der Waals surface area (Å²) >= 11 is 0. The van der Waals surface area contributed by atoms with Crippen molar-refractivity contribution in [2.45, 2.75) is 31.0 Å². The molecule has 0 aliphatic heterocycles. The standard InChI is InChI=1S/C20H20O9/c21-6-7-1-9(18(26)13(25)2-7)16-12(24)5-15-17(20(16)28)19(27)8-3-10(22)11(23)4-14(8)29-15/h3-5,7,9,13,18,21-26,28H,1-2,6H2. The Morgan fingerprint density at radius 1 is 0.931 bits per heavy atom. The third-order valence-electron chi connectivity index (χ3n) is 5.65. The maximum Gasteiger partial charge on any atom is 0.204 e. The fourth-order valence-electron chi connectivity index (χ4n) is 4.17. The van der Waals surface area contributed by atoms with Crippen LogP contribution in [0.25, 0.3) is 21.9 Å². The van der Waals surface area contributed by atoms with Crippen molar-refractivity contribution in [3.05, 3.63) is 34.0 Å². The SMILES string of the molecule is O=c1c2cc(O)c(O)cc2oc2cc(O)c(C3CC(CO)CC(O)C3O)c(O)c12. The van der Waals surface area contributed by atoms with Crippen LogP contribution in [0, 0.1) is 5.92 Å². The monoisotopic (exact) mass is 404 g/mol. The van der Waals surface area contributed by atoms with Crippen LogP contribution in [-0.2, 0) is 0 Å². The Balaban J connectivity index is 1.99. The second-order valence-electron chi connectivity index (χ2n) is 7.48. The molecule has 1 fully saturated rings. The van der Waals surface area contributed by atoms with Crippen LogP contribution in [0.3, 0.4) is 0 Å². The van der Waals surface area contributed by atoms with E-state index in [1.54, 1.807) is 0 Å². The lowest BCUT2D eigenvalue weighted by atomic mass is 9.74. The van der Waals surface area contributed by atoms with Gasteiger partial charge in [0, 0.05) is 30.2 Å². The molecule has 1 saturated carbocycles. The van der Waals surface area contributed by atoms with Gasteiger partial charge in [0.2, 0.25) is 5.43 Å². The number of phenolic OH excluding ortho intramolecular Hbond substituents is 4. The minimum absolute atomic E-state index is 0.0576. The average Bonchev–Trinajstić information content (AvgIpc) is 2.66. The van der Waals surface area contributed by atoms with Crippen molar-refractivity contribution >= 4 is 21.9 Å². The van der Waals surface area contributed by atoms with Crippen molar-refractivity contribution in [3.63, 3.8) is 0 Å². The molecule has 7 N–H and O–H groups in total. The predicted molar refractivity (Wildman–Crippen MR) is 101 cm³/mol. The molecule has 0 spiro atoms. The fourth-order valence-corrected chi connectivity index (χ4v) is 4.17. The Morgan fingerprint density at radius 2 is 1.59 bits per heavy atom. The molecule has 1 aliphatic carbocycles. The van der Waals surface area contributed by atoms with Gasteiger partial charge in [-0.1, -0.05) is 0 Å². The Bertz CT molecular complexity index is 1170. The zero-order chi connectivity index (χ0) is 21.0. The van der Waals surface area contributed by atoms with Crippen molar-refractivity contribution in [2.75, 3.05) is 6.61 Å². The first-order valence-corrected chi connectivity index (χ1v) is 9.07. The highest BCUT2D eigenvalue weighted by Crippen LogP contribution is 2.46. The predicted octanol–water partition coefficient (Wildman–Crippen LogP) is 0.976. The second-order valence-corrected chi connectivity index (χ2v) is 7.48. The molecular weight excluding hydrogens is 384 g/mol. The molecule has 1 aromatic heterocycles. The first-order valence-electron chi connectivity index (χ1n) is 9.07. The zero-order valence-electron chi connectivity index (χ0n) is 15.1. The molecule has 4 rings (SSSR count). The van der Waals surface area contributed by atoms with Crippen LogP contribution in [0.1, 0.15) is 24.3 Å². The maximum absolute atomic E-state index is 12.9. The molecule has 0 bridgehead atoms. The molecule has 9 nitrogen and oxygen atoms in total. The van der Waals surface area contributed by atoms with Gasteiger partial charge in [-0.2, -0.15) is 0 Å². The third kappa shape index (κ3) is 2.94. The lowest BCUT2D eigenvalue weighted by molar-refractivity contribution is -0.0479. The topological polar surface area (TPSA) is 172 Å². The summed E-state index contributed by atoms with van der Waals surface area (Å²) in [5.41, 5.74) is -1.05. The van der Waals surface area contributed by atoms with Gasteiger partial charge < -0.3 is 40.2 Å². The van der Waals surface area contributed by atoms with E-state index in [9.17, 15) is 40.5 Å². The lowest BCUT2D eigenvalue weighted by Gasteiger charge is -2.36. The van der Waals surface area contributed by atoms with Crippen LogP contribution < -0.4 is 5.43 Å². The maximum atomic E-state index is 12.9. The second kappa shape index (κ2) is 6.80. The number of aliphatic hydroxyl groups is 3. The van der Waals surface area contributed by atoms with E-state index in [-0.39, 0.29) is 52.9 Å². The summed E-state index contributed by atoms with van der Waals surface area (Å²) in [5.74, 6) is -3.39. The molecule has 1 heterocycles. The van der Waals surface area contributed by atoms with Crippen LogP contribution in [0.15, 0.2) is 27.4 Å². The van der Waals surface area contributed by atoms with Crippen LogP contribution >= 0.6 is 0 Å². The van der Waals surface area contributed by atoms with E-state index >= 15 is 0 Å². The number of fused-ring (bicyclic) bond motifs is 2. The van der Waals surface area contributed by atoms with Gasteiger partial charge in [0.1, 0.15) is 28.1 Å². The van der Waals surface area contributed by atoms with Crippen molar-refractivity contribution in [2.24, 2.45) is 5.92 Å². The van der Waals surface area contributed by atoms with Gasteiger partial charge in [0.15, 0.2) is 11.5 Å². The lowest BCUT2D eigenvalue weighted by Crippen LogP contribution is -2.40. The molecule has 0 amide bonds. The summed E-state index contributed by atoms with van der Waals surface area (Å²) in [6.45, 7) is -0.245. The highest BCUT2D eigenvalue weighted by atomic mass is 16.3. The van der Waals surface area contributed by atoms with Crippen LogP contribution in [-0.4, -0.2) is 54.6 Å². The van der Waals surface area contributed by atoms with Gasteiger partial charge in [-0.15, -0.1) is 0 Å². The molecule has 29 heavy (non-hydrogen) atoms. The summed E-state index contributed by atoms with van der Waals surface area (Å²) < 4.78 is 5.51. The Kier molecular flexibility index (Phi) is 4.53. The molecule has 4 atom stereocenters. The molecule has 0 radical (unpaired) electrons. The van der Waals surface area contributed by atoms with Gasteiger partial charge in [0.05, 0.1) is 17.6 Å². The fraction of sp³-hybridized carbons (Fsp3) is 0.350. The van der Waals surface area contributed by atoms with E-state index in [1.807, 2.05) is 0 Å². The molecule has 4 unspecified atom stereocenters. The largest absolute Gasteiger partial charge is 0.507 e. The van der Waals surface area contributed by atoms with Gasteiger partial charge in [-0.05, 0) is 24.8 Å². The van der Waals surface area contributed by atoms with E-state index in [1.165, 1.54) is 0 Å². The van der Waals surface area contributed by atoms with Crippen LogP contribution in [0.2, 0.25) is 0 Å². The summed E-state index contributed by atoms with van der Waals surface area (Å²) in [4.78, 5) is 12.9. The minimum atomic E-state index is -1.32. The number of hydrogen-bond donors (Lipinski definition) is 7. The Morgan fingerprint density at radius 3 is 2.28 bits per heavy atom. The normalized spacial score (nSPS) is 24.9. The van der Waals surface area contributed by atoms with E-state index in [0.717, 1.165) is 18.2 Å². The first-order chi connectivity index (χ1) is 13.7. The zero-order valence-corrected chi connectivity index (χ0v) is 15.1. The van der Waals surface area contributed by atoms with E-state index in [0.29, 0.717) is 0 Å². The highest BCUT2D eigenvalue weighted by Gasteiger charge is 2.39. The average molecular weight is 404 g/mol. The van der Waals surface area contributed by atoms with Gasteiger partial charge in [0.25, 0.3) is 0 Å². The third-order valence-corrected chi connectivity index (χ3v) is 5.65. The summed E-state index contributed by atoms with van der Waals surface area (Å²) in [6, 6.07) is 3.15. The number of phenols is 4. The van der Waals surface area contributed by atoms with Gasteiger partial charge in [-0.25, -0.2) is 0 Å². The summed E-state index contributed by atoms with van der Waals surface area (Å²) in [6.07, 6.45) is -2.15. The van der Waals surface area contributed by atoms with Gasteiger partial charge >= 0.3 is 0 Å². The summed E-state index contributed by atoms with van der Waals surface area (Å²) in [7, 11) is 0. The molecule has 3 aromatic rings. The van der Waals surface area contributed by atoms with E-state index in [4.69, 9.17) is 4.42 Å². The van der Waals surface area contributed by atoms with E-state index < -0.39 is 46.6 Å². The van der Waals surface area contributed by atoms with Crippen molar-refractivity contribution in [1.82, 2.24) is 0 Å². The highest BCUT2D eigenvalue weighted by molar-refractivity contribution is 5.96. The molecule has 154 valence electrons. The number of rotatable bonds is 2. The van der Waals surface area contributed by atoms with Crippen molar-refractivity contribution in [3.8, 4) is 23.0 Å². The summed E-state index contributed by atoms with van der Waals surface area (Å²) in [5, 5.41) is 70.2. The Labute approximate surface area is 163 Å². The number of aliphatic hydroxyl groups excluding tert-OH is 3. The van der Waals surface area contributed by atoms with Crippen LogP contribution in [0.5, 0.6) is 23.0 Å². The van der Waals surface area contributed by atoms with Crippen molar-refractivity contribution in [1.29, 1.82) is 0 Å². The number of aromatic hydroxyl groups is 4. The smallest absolute Gasteiger partial charge is 0.204 e. The molecule has 9 heteroatoms. The molecular formula is C20H20O9. The minimum Gasteiger partial charge on any atom is -0.507 e. The van der Waals surface area contributed by atoms with Gasteiger partial charge in [-0.3, -0.25) is 4.79 Å². The molecule has 2 aromatic carbocycles. The Hall–Kier alpha value is -3.01. The number of hydrogen-bond acceptors (Lipinski definition) is 9. The quantitative estimate of drug-likeness (QED) is 0.243. The number of benzene rings is 2.